The zero-order chi connectivity index (χ0) is 12.1. The molecule has 1 heterocycles. The Labute approximate surface area is 98.9 Å². The number of carboxylic acid groups (broad SMARTS) is 1. The van der Waals surface area contributed by atoms with Crippen molar-refractivity contribution >= 4 is 22.4 Å². The van der Waals surface area contributed by atoms with E-state index in [9.17, 15) is 4.79 Å². The highest BCUT2D eigenvalue weighted by Gasteiger charge is 2.63. The van der Waals surface area contributed by atoms with E-state index in [1.54, 1.807) is 11.3 Å². The minimum atomic E-state index is -0.699. The van der Waals surface area contributed by atoms with Gasteiger partial charge in [-0.2, -0.15) is 0 Å². The summed E-state index contributed by atoms with van der Waals surface area (Å²) in [5.41, 5.74) is -0.137. The van der Waals surface area contributed by atoms with E-state index in [1.165, 1.54) is 0 Å². The first-order valence-electron chi connectivity index (χ1n) is 5.21. The number of rotatable bonds is 3. The molecule has 1 aromatic rings. The average molecular weight is 240 g/mol. The van der Waals surface area contributed by atoms with Gasteiger partial charge in [-0.05, 0) is 5.41 Å². The van der Waals surface area contributed by atoms with Gasteiger partial charge in [-0.3, -0.25) is 4.79 Å². The molecule has 0 amide bonds. The van der Waals surface area contributed by atoms with Crippen molar-refractivity contribution in [3.05, 3.63) is 11.1 Å². The lowest BCUT2D eigenvalue weighted by Crippen LogP contribution is -2.07. The second-order valence-electron chi connectivity index (χ2n) is 5.05. The van der Waals surface area contributed by atoms with Gasteiger partial charge in [0.1, 0.15) is 0 Å². The van der Waals surface area contributed by atoms with Crippen molar-refractivity contribution in [2.75, 3.05) is 19.0 Å². The van der Waals surface area contributed by atoms with E-state index in [1.807, 2.05) is 39.0 Å². The van der Waals surface area contributed by atoms with E-state index in [0.717, 1.165) is 10.0 Å². The molecule has 16 heavy (non-hydrogen) atoms. The van der Waals surface area contributed by atoms with Gasteiger partial charge in [0.05, 0.1) is 5.92 Å². The van der Waals surface area contributed by atoms with E-state index in [4.69, 9.17) is 5.11 Å². The van der Waals surface area contributed by atoms with Crippen molar-refractivity contribution in [1.82, 2.24) is 4.98 Å². The van der Waals surface area contributed by atoms with E-state index in [2.05, 4.69) is 4.98 Å². The minimum Gasteiger partial charge on any atom is -0.481 e. The minimum absolute atomic E-state index is 0.121. The molecular weight excluding hydrogens is 224 g/mol. The predicted octanol–water partition coefficient (Wildman–Crippen LogP) is 2.03. The highest BCUT2D eigenvalue weighted by Crippen LogP contribution is 2.65. The van der Waals surface area contributed by atoms with Gasteiger partial charge in [-0.15, -0.1) is 11.3 Å². The second kappa shape index (κ2) is 3.45. The van der Waals surface area contributed by atoms with E-state index in [-0.39, 0.29) is 17.3 Å². The predicted molar refractivity (Wildman–Crippen MR) is 64.1 cm³/mol. The Balaban J connectivity index is 2.23. The normalized spacial score (nSPS) is 26.5. The molecule has 4 nitrogen and oxygen atoms in total. The maximum atomic E-state index is 11.1. The summed E-state index contributed by atoms with van der Waals surface area (Å²) in [4.78, 5) is 18.4. The molecule has 5 heteroatoms. The van der Waals surface area contributed by atoms with Crippen LogP contribution >= 0.6 is 11.3 Å². The highest BCUT2D eigenvalue weighted by molar-refractivity contribution is 7.15. The zero-order valence-electron chi connectivity index (χ0n) is 9.89. The number of carbonyl (C=O) groups is 1. The van der Waals surface area contributed by atoms with Crippen LogP contribution in [-0.4, -0.2) is 30.2 Å². The summed E-state index contributed by atoms with van der Waals surface area (Å²) in [6.07, 6.45) is 1.81. The number of hydrogen-bond donors (Lipinski definition) is 1. The third kappa shape index (κ3) is 1.59. The molecule has 0 aromatic carbocycles. The molecule has 1 aliphatic carbocycles. The maximum absolute atomic E-state index is 11.1. The van der Waals surface area contributed by atoms with Crippen molar-refractivity contribution in [1.29, 1.82) is 0 Å². The van der Waals surface area contributed by atoms with Crippen LogP contribution in [0.15, 0.2) is 6.20 Å². The second-order valence-corrected chi connectivity index (χ2v) is 6.10. The molecule has 88 valence electrons. The van der Waals surface area contributed by atoms with E-state index in [0.29, 0.717) is 0 Å². The molecule has 0 spiro atoms. The fraction of sp³-hybridized carbons (Fsp3) is 0.636. The van der Waals surface area contributed by atoms with Gasteiger partial charge >= 0.3 is 5.97 Å². The molecule has 2 atom stereocenters. The number of aromatic nitrogens is 1. The molecule has 1 fully saturated rings. The third-order valence-electron chi connectivity index (χ3n) is 3.29. The number of thiazole rings is 1. The molecule has 0 aliphatic heterocycles. The summed E-state index contributed by atoms with van der Waals surface area (Å²) in [5.74, 6) is -0.839. The first-order chi connectivity index (χ1) is 7.35. The molecule has 0 unspecified atom stereocenters. The standard InChI is InChI=1S/C11H16N2O2S/c1-11(2)7(8(11)9(14)15)6-5-12-10(16-6)13(3)4/h5,7-8H,1-4H3,(H,14,15)/t7-,8+/m1/s1. The lowest BCUT2D eigenvalue weighted by Gasteiger charge is -2.05. The van der Waals surface area contributed by atoms with Gasteiger partial charge in [-0.25, -0.2) is 4.98 Å². The summed E-state index contributed by atoms with van der Waals surface area (Å²) < 4.78 is 0. The summed E-state index contributed by atoms with van der Waals surface area (Å²) >= 11 is 1.59. The summed E-state index contributed by atoms with van der Waals surface area (Å²) in [7, 11) is 3.88. The summed E-state index contributed by atoms with van der Waals surface area (Å²) in [6, 6.07) is 0. The first-order valence-corrected chi connectivity index (χ1v) is 6.03. The lowest BCUT2D eigenvalue weighted by atomic mass is 10.1. The van der Waals surface area contributed by atoms with Crippen LogP contribution in [0.2, 0.25) is 0 Å². The summed E-state index contributed by atoms with van der Waals surface area (Å²) in [6.45, 7) is 4.01. The monoisotopic (exact) mass is 240 g/mol. The first kappa shape index (κ1) is 11.4. The van der Waals surface area contributed by atoms with Crippen molar-refractivity contribution in [2.24, 2.45) is 11.3 Å². The average Bonchev–Trinajstić information content (AvgIpc) is 2.60. The van der Waals surface area contributed by atoms with Crippen LogP contribution in [0.5, 0.6) is 0 Å². The molecule has 1 N–H and O–H groups in total. The number of aliphatic carboxylic acids is 1. The lowest BCUT2D eigenvalue weighted by molar-refractivity contribution is -0.139. The number of anilines is 1. The SMILES string of the molecule is CN(C)c1ncc([C@@H]2[C@@H](C(=O)O)C2(C)C)s1. The Morgan fingerprint density at radius 3 is 2.56 bits per heavy atom. The fourth-order valence-corrected chi connectivity index (χ4v) is 3.43. The molecule has 1 aromatic heterocycles. The molecule has 0 bridgehead atoms. The smallest absolute Gasteiger partial charge is 0.307 e. The largest absolute Gasteiger partial charge is 0.481 e. The van der Waals surface area contributed by atoms with Crippen molar-refractivity contribution < 1.29 is 9.90 Å². The molecule has 0 radical (unpaired) electrons. The van der Waals surface area contributed by atoms with Gasteiger partial charge in [-0.1, -0.05) is 13.8 Å². The Hall–Kier alpha value is -1.10. The van der Waals surface area contributed by atoms with Crippen LogP contribution in [0.1, 0.15) is 24.6 Å². The van der Waals surface area contributed by atoms with Crippen LogP contribution in [-0.2, 0) is 4.79 Å². The van der Waals surface area contributed by atoms with Crippen LogP contribution in [0, 0.1) is 11.3 Å². The molecule has 1 aliphatic rings. The Morgan fingerprint density at radius 2 is 2.19 bits per heavy atom. The number of nitrogens with zero attached hydrogens (tertiary/aromatic N) is 2. The van der Waals surface area contributed by atoms with Gasteiger partial charge in [0.2, 0.25) is 0 Å². The van der Waals surface area contributed by atoms with Crippen molar-refractivity contribution in [2.45, 2.75) is 19.8 Å². The molecule has 2 rings (SSSR count). The van der Waals surface area contributed by atoms with Crippen LogP contribution < -0.4 is 4.90 Å². The van der Waals surface area contributed by atoms with Gasteiger partial charge in [0, 0.05) is 31.1 Å². The Bertz CT molecular complexity index is 425. The van der Waals surface area contributed by atoms with Gasteiger partial charge in [0.15, 0.2) is 5.13 Å². The van der Waals surface area contributed by atoms with Crippen LogP contribution in [0.3, 0.4) is 0 Å². The number of hydrogen-bond acceptors (Lipinski definition) is 4. The quantitative estimate of drug-likeness (QED) is 0.878. The van der Waals surface area contributed by atoms with Gasteiger partial charge < -0.3 is 10.0 Å². The summed E-state index contributed by atoms with van der Waals surface area (Å²) in [5, 5.41) is 10.0. The van der Waals surface area contributed by atoms with Gasteiger partial charge in [0.25, 0.3) is 0 Å². The molecule has 1 saturated carbocycles. The molecular formula is C11H16N2O2S. The van der Waals surface area contributed by atoms with E-state index < -0.39 is 5.97 Å². The fourth-order valence-electron chi connectivity index (χ4n) is 2.26. The van der Waals surface area contributed by atoms with Crippen LogP contribution in [0.25, 0.3) is 0 Å². The maximum Gasteiger partial charge on any atom is 0.307 e. The highest BCUT2D eigenvalue weighted by atomic mass is 32.1. The van der Waals surface area contributed by atoms with Crippen molar-refractivity contribution in [3.8, 4) is 0 Å². The Kier molecular flexibility index (Phi) is 2.45. The topological polar surface area (TPSA) is 53.4 Å². The third-order valence-corrected chi connectivity index (χ3v) is 4.54. The molecule has 0 saturated heterocycles. The Morgan fingerprint density at radius 1 is 1.56 bits per heavy atom. The van der Waals surface area contributed by atoms with Crippen molar-refractivity contribution in [3.63, 3.8) is 0 Å². The van der Waals surface area contributed by atoms with Crippen LogP contribution in [0.4, 0.5) is 5.13 Å². The van der Waals surface area contributed by atoms with E-state index >= 15 is 0 Å². The zero-order valence-corrected chi connectivity index (χ0v) is 10.7. The number of carboxylic acids is 1.